The van der Waals surface area contributed by atoms with Crippen LogP contribution in [0, 0.1) is 0 Å². The molecule has 0 atom stereocenters. The molecular weight excluding hydrogens is 180 g/mol. The van der Waals surface area contributed by atoms with Crippen molar-refractivity contribution in [3.8, 4) is 0 Å². The van der Waals surface area contributed by atoms with Crippen LogP contribution in [0.1, 0.15) is 5.56 Å². The summed E-state index contributed by atoms with van der Waals surface area (Å²) in [5.74, 6) is 1.03. The second-order valence-corrected chi connectivity index (χ2v) is 4.31. The lowest BCUT2D eigenvalue weighted by Gasteiger charge is -2.09. The van der Waals surface area contributed by atoms with E-state index < -0.39 is 0 Å². The van der Waals surface area contributed by atoms with Crippen LogP contribution >= 0.6 is 11.9 Å². The Bertz CT molecular complexity index is 261. The molecule has 1 aromatic rings. The van der Waals surface area contributed by atoms with Crippen molar-refractivity contribution in [1.82, 2.24) is 4.31 Å². The van der Waals surface area contributed by atoms with Crippen molar-refractivity contribution in [1.29, 1.82) is 0 Å². The lowest BCUT2D eigenvalue weighted by atomic mass is 10.2. The normalized spacial score (nSPS) is 10.5. The Morgan fingerprint density at radius 2 is 2.15 bits per heavy atom. The Kier molecular flexibility index (Phi) is 4.12. The summed E-state index contributed by atoms with van der Waals surface area (Å²) in [5.41, 5.74) is 2.53. The van der Waals surface area contributed by atoms with Gasteiger partial charge in [-0.15, -0.1) is 0 Å². The van der Waals surface area contributed by atoms with Crippen molar-refractivity contribution in [3.05, 3.63) is 29.8 Å². The molecule has 1 aromatic carbocycles. The summed E-state index contributed by atoms with van der Waals surface area (Å²) in [6.45, 7) is 0. The van der Waals surface area contributed by atoms with Crippen LogP contribution in [0.3, 0.4) is 0 Å². The molecule has 0 saturated heterocycles. The van der Waals surface area contributed by atoms with Crippen LogP contribution in [0.15, 0.2) is 24.3 Å². The molecule has 0 aromatic heterocycles. The smallest absolute Gasteiger partial charge is 0.0340 e. The van der Waals surface area contributed by atoms with Gasteiger partial charge in [-0.1, -0.05) is 24.1 Å². The van der Waals surface area contributed by atoms with Crippen LogP contribution in [-0.4, -0.2) is 25.4 Å². The Morgan fingerprint density at radius 1 is 1.38 bits per heavy atom. The predicted molar refractivity (Wildman–Crippen MR) is 61.0 cm³/mol. The minimum absolute atomic E-state index is 1.03. The molecular formula is C10H16N2S. The third-order valence-corrected chi connectivity index (χ3v) is 2.68. The summed E-state index contributed by atoms with van der Waals surface area (Å²) in [4.78, 5) is 0. The maximum Gasteiger partial charge on any atom is 0.0340 e. The van der Waals surface area contributed by atoms with Crippen LogP contribution in [0.25, 0.3) is 0 Å². The van der Waals surface area contributed by atoms with Crippen molar-refractivity contribution in [2.75, 3.05) is 26.5 Å². The Labute approximate surface area is 84.5 Å². The van der Waals surface area contributed by atoms with Gasteiger partial charge in [-0.25, -0.2) is 0 Å². The molecule has 0 aliphatic carbocycles. The van der Waals surface area contributed by atoms with Gasteiger partial charge in [-0.2, -0.15) is 0 Å². The average molecular weight is 196 g/mol. The maximum absolute atomic E-state index is 3.13. The van der Waals surface area contributed by atoms with Crippen LogP contribution in [0.2, 0.25) is 0 Å². The highest BCUT2D eigenvalue weighted by Crippen LogP contribution is 2.16. The fraction of sp³-hybridized carbons (Fsp3) is 0.400. The number of anilines is 1. The van der Waals surface area contributed by atoms with E-state index in [9.17, 15) is 0 Å². The van der Waals surface area contributed by atoms with Gasteiger partial charge in [0.15, 0.2) is 0 Å². The number of nitrogens with one attached hydrogen (secondary N) is 1. The van der Waals surface area contributed by atoms with E-state index in [2.05, 4.69) is 48.0 Å². The fourth-order valence-corrected chi connectivity index (χ4v) is 1.61. The second kappa shape index (κ2) is 5.14. The van der Waals surface area contributed by atoms with Crippen LogP contribution in [0.5, 0.6) is 0 Å². The minimum atomic E-state index is 1.03. The molecule has 0 unspecified atom stereocenters. The molecule has 72 valence electrons. The molecule has 0 radical (unpaired) electrons. The second-order valence-electron chi connectivity index (χ2n) is 3.04. The molecule has 13 heavy (non-hydrogen) atoms. The van der Waals surface area contributed by atoms with E-state index in [1.54, 1.807) is 0 Å². The monoisotopic (exact) mass is 196 g/mol. The first-order chi connectivity index (χ1) is 6.22. The molecule has 2 nitrogen and oxygen atoms in total. The molecule has 0 saturated carbocycles. The first-order valence-electron chi connectivity index (χ1n) is 4.29. The van der Waals surface area contributed by atoms with Gasteiger partial charge in [0, 0.05) is 18.5 Å². The van der Waals surface area contributed by atoms with E-state index in [4.69, 9.17) is 0 Å². The molecule has 0 fully saturated rings. The highest BCUT2D eigenvalue weighted by Gasteiger charge is 1.96. The van der Waals surface area contributed by atoms with Crippen molar-refractivity contribution >= 4 is 17.6 Å². The quantitative estimate of drug-likeness (QED) is 0.745. The Hall–Kier alpha value is -0.670. The van der Waals surface area contributed by atoms with Crippen LogP contribution < -0.4 is 5.32 Å². The Morgan fingerprint density at radius 3 is 2.77 bits per heavy atom. The van der Waals surface area contributed by atoms with Crippen molar-refractivity contribution < 1.29 is 0 Å². The van der Waals surface area contributed by atoms with Crippen LogP contribution in [0.4, 0.5) is 5.69 Å². The topological polar surface area (TPSA) is 15.3 Å². The number of rotatable bonds is 4. The van der Waals surface area contributed by atoms with Gasteiger partial charge in [0.25, 0.3) is 0 Å². The van der Waals surface area contributed by atoms with E-state index >= 15 is 0 Å². The average Bonchev–Trinajstić information content (AvgIpc) is 2.15. The summed E-state index contributed by atoms with van der Waals surface area (Å²) >= 11 is 1.81. The molecule has 0 aliphatic rings. The van der Waals surface area contributed by atoms with E-state index in [1.807, 2.05) is 19.0 Å². The molecule has 3 heteroatoms. The molecule has 0 spiro atoms. The summed E-state index contributed by atoms with van der Waals surface area (Å²) in [6.07, 6.45) is 0. The SMILES string of the molecule is CNc1cccc(CSN(C)C)c1. The van der Waals surface area contributed by atoms with Gasteiger partial charge in [-0.3, -0.25) is 4.31 Å². The first-order valence-corrected chi connectivity index (χ1v) is 5.23. The highest BCUT2D eigenvalue weighted by atomic mass is 32.2. The largest absolute Gasteiger partial charge is 0.388 e. The molecule has 0 heterocycles. The highest BCUT2D eigenvalue weighted by molar-refractivity contribution is 7.96. The third kappa shape index (κ3) is 3.70. The zero-order valence-corrected chi connectivity index (χ0v) is 9.19. The third-order valence-electron chi connectivity index (χ3n) is 1.71. The summed E-state index contributed by atoms with van der Waals surface area (Å²) in [5, 5.41) is 3.13. The number of benzene rings is 1. The molecule has 0 aliphatic heterocycles. The van der Waals surface area contributed by atoms with Crippen LogP contribution in [-0.2, 0) is 5.75 Å². The van der Waals surface area contributed by atoms with Gasteiger partial charge < -0.3 is 5.32 Å². The standard InChI is InChI=1S/C10H16N2S/c1-11-10-6-4-5-9(7-10)8-13-12(2)3/h4-7,11H,8H2,1-3H3. The Balaban J connectivity index is 2.56. The summed E-state index contributed by atoms with van der Waals surface area (Å²) < 4.78 is 2.12. The number of hydrogen-bond donors (Lipinski definition) is 1. The van der Waals surface area contributed by atoms with Gasteiger partial charge in [0.05, 0.1) is 0 Å². The molecule has 0 bridgehead atoms. The van der Waals surface area contributed by atoms with E-state index in [-0.39, 0.29) is 0 Å². The van der Waals surface area contributed by atoms with E-state index in [1.165, 1.54) is 11.3 Å². The molecule has 1 rings (SSSR count). The van der Waals surface area contributed by atoms with Crippen molar-refractivity contribution in [2.24, 2.45) is 0 Å². The zero-order valence-electron chi connectivity index (χ0n) is 8.37. The molecule has 1 N–H and O–H groups in total. The van der Waals surface area contributed by atoms with Gasteiger partial charge in [0.1, 0.15) is 0 Å². The number of hydrogen-bond acceptors (Lipinski definition) is 3. The van der Waals surface area contributed by atoms with Crippen molar-refractivity contribution in [2.45, 2.75) is 5.75 Å². The fourth-order valence-electron chi connectivity index (χ4n) is 1.02. The van der Waals surface area contributed by atoms with E-state index in [0.29, 0.717) is 0 Å². The minimum Gasteiger partial charge on any atom is -0.388 e. The van der Waals surface area contributed by atoms with Crippen molar-refractivity contribution in [3.63, 3.8) is 0 Å². The van der Waals surface area contributed by atoms with Gasteiger partial charge >= 0.3 is 0 Å². The molecule has 0 amide bonds. The number of nitrogens with zero attached hydrogens (tertiary/aromatic N) is 1. The predicted octanol–water partition coefficient (Wildman–Crippen LogP) is 2.44. The zero-order chi connectivity index (χ0) is 9.68. The maximum atomic E-state index is 3.13. The summed E-state index contributed by atoms with van der Waals surface area (Å²) in [6, 6.07) is 8.48. The lowest BCUT2D eigenvalue weighted by molar-refractivity contribution is 0.702. The van der Waals surface area contributed by atoms with Gasteiger partial charge in [-0.05, 0) is 31.8 Å². The lowest BCUT2D eigenvalue weighted by Crippen LogP contribution is -2.00. The van der Waals surface area contributed by atoms with Gasteiger partial charge in [0.2, 0.25) is 0 Å². The first kappa shape index (κ1) is 10.4. The summed E-state index contributed by atoms with van der Waals surface area (Å²) in [7, 11) is 6.07. The van der Waals surface area contributed by atoms with E-state index in [0.717, 1.165) is 5.75 Å².